The highest BCUT2D eigenvalue weighted by atomic mass is 19.1. The molecule has 0 radical (unpaired) electrons. The van der Waals surface area contributed by atoms with E-state index < -0.39 is 17.3 Å². The number of para-hydroxylation sites is 1. The van der Waals surface area contributed by atoms with Gasteiger partial charge < -0.3 is 10.4 Å². The minimum Gasteiger partial charge on any atom is -0.396 e. The SMILES string of the molecule is CC(C)(CO)CCCNC(=O)c1ccc(=O)n(-c2ccccc2F)n1. The number of hydrogen-bond acceptors (Lipinski definition) is 4. The summed E-state index contributed by atoms with van der Waals surface area (Å²) in [6.45, 7) is 4.39. The zero-order valence-corrected chi connectivity index (χ0v) is 14.3. The molecule has 134 valence electrons. The molecule has 1 aromatic carbocycles. The normalized spacial score (nSPS) is 11.4. The Bertz CT molecular complexity index is 802. The van der Waals surface area contributed by atoms with Crippen molar-refractivity contribution in [2.24, 2.45) is 5.41 Å². The van der Waals surface area contributed by atoms with Gasteiger partial charge in [0.15, 0.2) is 0 Å². The van der Waals surface area contributed by atoms with Gasteiger partial charge in [0, 0.05) is 19.2 Å². The predicted molar refractivity (Wildman–Crippen MR) is 92.2 cm³/mol. The molecule has 2 rings (SSSR count). The molecule has 0 aliphatic rings. The zero-order valence-electron chi connectivity index (χ0n) is 14.3. The fourth-order valence-corrected chi connectivity index (χ4v) is 2.27. The Balaban J connectivity index is 2.08. The summed E-state index contributed by atoms with van der Waals surface area (Å²) in [5, 5.41) is 15.9. The molecule has 0 saturated carbocycles. The molecule has 6 nitrogen and oxygen atoms in total. The fourth-order valence-electron chi connectivity index (χ4n) is 2.27. The first-order valence-electron chi connectivity index (χ1n) is 8.08. The van der Waals surface area contributed by atoms with Gasteiger partial charge >= 0.3 is 0 Å². The van der Waals surface area contributed by atoms with Gasteiger partial charge in [-0.2, -0.15) is 9.78 Å². The minimum atomic E-state index is -0.596. The van der Waals surface area contributed by atoms with E-state index in [1.807, 2.05) is 13.8 Å². The number of aromatic nitrogens is 2. The Hall–Kier alpha value is -2.54. The van der Waals surface area contributed by atoms with Gasteiger partial charge in [0.05, 0.1) is 0 Å². The number of amides is 1. The average Bonchev–Trinajstić information content (AvgIpc) is 2.60. The quantitative estimate of drug-likeness (QED) is 0.749. The summed E-state index contributed by atoms with van der Waals surface area (Å²) in [4.78, 5) is 24.1. The van der Waals surface area contributed by atoms with Crippen LogP contribution in [0.15, 0.2) is 41.2 Å². The summed E-state index contributed by atoms with van der Waals surface area (Å²) >= 11 is 0. The number of carbonyl (C=O) groups is 1. The molecule has 1 heterocycles. The number of benzene rings is 1. The predicted octanol–water partition coefficient (Wildman–Crippen LogP) is 1.90. The number of carbonyl (C=O) groups excluding carboxylic acids is 1. The molecule has 1 amide bonds. The standard InChI is InChI=1S/C18H22FN3O3/c1-18(2,12-23)10-5-11-20-17(25)14-8-9-16(24)22(21-14)15-7-4-3-6-13(15)19/h3-4,6-9,23H,5,10-12H2,1-2H3,(H,20,25). The third-order valence-electron chi connectivity index (χ3n) is 3.86. The van der Waals surface area contributed by atoms with Gasteiger partial charge in [-0.25, -0.2) is 4.39 Å². The van der Waals surface area contributed by atoms with Crippen molar-refractivity contribution < 1.29 is 14.3 Å². The lowest BCUT2D eigenvalue weighted by atomic mass is 9.89. The van der Waals surface area contributed by atoms with Gasteiger partial charge in [-0.3, -0.25) is 9.59 Å². The van der Waals surface area contributed by atoms with Gasteiger partial charge in [-0.1, -0.05) is 26.0 Å². The van der Waals surface area contributed by atoms with E-state index in [-0.39, 0.29) is 23.4 Å². The summed E-state index contributed by atoms with van der Waals surface area (Å²) in [5.74, 6) is -1.03. The Labute approximate surface area is 145 Å². The summed E-state index contributed by atoms with van der Waals surface area (Å²) in [7, 11) is 0. The van der Waals surface area contributed by atoms with E-state index in [9.17, 15) is 19.1 Å². The fraction of sp³-hybridized carbons (Fsp3) is 0.389. The number of nitrogens with one attached hydrogen (secondary N) is 1. The van der Waals surface area contributed by atoms with Crippen molar-refractivity contribution in [1.82, 2.24) is 15.1 Å². The van der Waals surface area contributed by atoms with E-state index in [1.165, 1.54) is 30.3 Å². The zero-order chi connectivity index (χ0) is 18.4. The molecule has 7 heteroatoms. The van der Waals surface area contributed by atoms with Gasteiger partial charge in [0.25, 0.3) is 11.5 Å². The summed E-state index contributed by atoms with van der Waals surface area (Å²) < 4.78 is 14.7. The van der Waals surface area contributed by atoms with Crippen LogP contribution in [0.1, 0.15) is 37.2 Å². The number of rotatable bonds is 7. The summed E-state index contributed by atoms with van der Waals surface area (Å²) in [5.41, 5.74) is -0.691. The van der Waals surface area contributed by atoms with Crippen LogP contribution in [0.3, 0.4) is 0 Å². The minimum absolute atomic E-state index is 0.00755. The van der Waals surface area contributed by atoms with Gasteiger partial charge in [-0.05, 0) is 36.5 Å². The molecule has 25 heavy (non-hydrogen) atoms. The molecule has 0 saturated heterocycles. The van der Waals surface area contributed by atoms with Crippen molar-refractivity contribution >= 4 is 5.91 Å². The summed E-state index contributed by atoms with van der Waals surface area (Å²) in [6.07, 6.45) is 1.46. The Morgan fingerprint density at radius 2 is 2.00 bits per heavy atom. The maximum Gasteiger partial charge on any atom is 0.271 e. The van der Waals surface area contributed by atoms with Gasteiger partial charge in [0.2, 0.25) is 0 Å². The molecule has 0 unspecified atom stereocenters. The van der Waals surface area contributed by atoms with Crippen molar-refractivity contribution in [3.05, 3.63) is 58.3 Å². The van der Waals surface area contributed by atoms with E-state index in [2.05, 4.69) is 10.4 Å². The second kappa shape index (κ2) is 8.02. The molecule has 0 spiro atoms. The van der Waals surface area contributed by atoms with E-state index in [1.54, 1.807) is 6.07 Å². The van der Waals surface area contributed by atoms with Crippen LogP contribution >= 0.6 is 0 Å². The van der Waals surface area contributed by atoms with Crippen molar-refractivity contribution in [2.45, 2.75) is 26.7 Å². The van der Waals surface area contributed by atoms with E-state index >= 15 is 0 Å². The molecule has 2 N–H and O–H groups in total. The third kappa shape index (κ3) is 4.96. The van der Waals surface area contributed by atoms with Gasteiger partial charge in [-0.15, -0.1) is 0 Å². The first-order valence-corrected chi connectivity index (χ1v) is 8.08. The average molecular weight is 347 g/mol. The largest absolute Gasteiger partial charge is 0.396 e. The second-order valence-corrected chi connectivity index (χ2v) is 6.60. The van der Waals surface area contributed by atoms with E-state index in [0.29, 0.717) is 13.0 Å². The first kappa shape index (κ1) is 18.8. The van der Waals surface area contributed by atoms with Crippen LogP contribution in [0.2, 0.25) is 0 Å². The molecule has 0 bridgehead atoms. The smallest absolute Gasteiger partial charge is 0.271 e. The number of halogens is 1. The van der Waals surface area contributed by atoms with E-state index in [0.717, 1.165) is 11.1 Å². The third-order valence-corrected chi connectivity index (χ3v) is 3.86. The van der Waals surface area contributed by atoms with Crippen LogP contribution in [-0.2, 0) is 0 Å². The van der Waals surface area contributed by atoms with Crippen molar-refractivity contribution in [1.29, 1.82) is 0 Å². The number of aliphatic hydroxyl groups is 1. The highest BCUT2D eigenvalue weighted by Crippen LogP contribution is 2.20. The molecule has 0 aliphatic carbocycles. The number of aliphatic hydroxyl groups excluding tert-OH is 1. The molecule has 0 atom stereocenters. The first-order chi connectivity index (χ1) is 11.8. The number of hydrogen-bond donors (Lipinski definition) is 2. The van der Waals surface area contributed by atoms with Crippen molar-refractivity contribution in [2.75, 3.05) is 13.2 Å². The molecular weight excluding hydrogens is 325 g/mol. The lowest BCUT2D eigenvalue weighted by Crippen LogP contribution is -2.30. The number of nitrogens with zero attached hydrogens (tertiary/aromatic N) is 2. The molecule has 1 aromatic heterocycles. The monoisotopic (exact) mass is 347 g/mol. The molecular formula is C18H22FN3O3. The maximum atomic E-state index is 13.9. The maximum absolute atomic E-state index is 13.9. The van der Waals surface area contributed by atoms with E-state index in [4.69, 9.17) is 0 Å². The van der Waals surface area contributed by atoms with Gasteiger partial charge in [0.1, 0.15) is 17.2 Å². The lowest BCUT2D eigenvalue weighted by Gasteiger charge is -2.21. The van der Waals surface area contributed by atoms with Crippen LogP contribution in [-0.4, -0.2) is 33.9 Å². The second-order valence-electron chi connectivity index (χ2n) is 6.60. The molecule has 0 fully saturated rings. The summed E-state index contributed by atoms with van der Waals surface area (Å²) in [6, 6.07) is 8.23. The Morgan fingerprint density at radius 3 is 2.68 bits per heavy atom. The lowest BCUT2D eigenvalue weighted by molar-refractivity contribution is 0.0941. The van der Waals surface area contributed by atoms with Crippen LogP contribution in [0, 0.1) is 11.2 Å². The Kier molecular flexibility index (Phi) is 6.03. The van der Waals surface area contributed by atoms with Crippen LogP contribution in [0.4, 0.5) is 4.39 Å². The molecule has 2 aromatic rings. The molecule has 0 aliphatic heterocycles. The van der Waals surface area contributed by atoms with Crippen LogP contribution in [0.5, 0.6) is 0 Å². The highest BCUT2D eigenvalue weighted by Gasteiger charge is 2.16. The van der Waals surface area contributed by atoms with Crippen molar-refractivity contribution in [3.8, 4) is 5.69 Å². The van der Waals surface area contributed by atoms with Crippen molar-refractivity contribution in [3.63, 3.8) is 0 Å². The topological polar surface area (TPSA) is 84.2 Å². The van der Waals surface area contributed by atoms with Crippen LogP contribution < -0.4 is 10.9 Å². The Morgan fingerprint density at radius 1 is 1.28 bits per heavy atom. The highest BCUT2D eigenvalue weighted by molar-refractivity contribution is 5.92. The van der Waals surface area contributed by atoms with Crippen LogP contribution in [0.25, 0.3) is 5.69 Å².